The van der Waals surface area contributed by atoms with Crippen LogP contribution in [0, 0.1) is 5.82 Å². The minimum absolute atomic E-state index is 0.00765. The summed E-state index contributed by atoms with van der Waals surface area (Å²) in [6.07, 6.45) is 2.53. The highest BCUT2D eigenvalue weighted by molar-refractivity contribution is 6.44. The minimum Gasteiger partial charge on any atom is -0.389 e. The van der Waals surface area contributed by atoms with E-state index >= 15 is 0 Å². The van der Waals surface area contributed by atoms with Gasteiger partial charge in [-0.2, -0.15) is 0 Å². The Bertz CT molecular complexity index is 1260. The SMILES string of the molecule is CN(C)C(=O)C(=O)c1[nH]cc2cc(Cl)c(C(=O)N3CCC(O)(Cc4ccc(F)cc4)CC3)nc12. The third-order valence-corrected chi connectivity index (χ3v) is 6.36. The average molecular weight is 487 g/mol. The Hall–Kier alpha value is -3.30. The van der Waals surface area contributed by atoms with Gasteiger partial charge in [0.1, 0.15) is 22.7 Å². The number of rotatable bonds is 5. The molecule has 0 bridgehead atoms. The van der Waals surface area contributed by atoms with Crippen molar-refractivity contribution in [1.29, 1.82) is 0 Å². The number of hydrogen-bond donors (Lipinski definition) is 2. The molecule has 1 aliphatic heterocycles. The van der Waals surface area contributed by atoms with Crippen LogP contribution in [0.5, 0.6) is 0 Å². The van der Waals surface area contributed by atoms with Crippen molar-refractivity contribution in [2.45, 2.75) is 24.9 Å². The first-order valence-corrected chi connectivity index (χ1v) is 11.2. The molecule has 4 rings (SSSR count). The molecular formula is C24H24ClFN4O4. The number of benzene rings is 1. The van der Waals surface area contributed by atoms with E-state index in [1.807, 2.05) is 0 Å². The van der Waals surface area contributed by atoms with E-state index in [1.165, 1.54) is 38.5 Å². The van der Waals surface area contributed by atoms with Crippen LogP contribution in [0.2, 0.25) is 5.02 Å². The third-order valence-electron chi connectivity index (χ3n) is 6.07. The first-order valence-electron chi connectivity index (χ1n) is 10.8. The van der Waals surface area contributed by atoms with Crippen LogP contribution in [-0.2, 0) is 11.2 Å². The predicted octanol–water partition coefficient (Wildman–Crippen LogP) is 2.84. The molecule has 0 spiro atoms. The fraction of sp³-hybridized carbons (Fsp3) is 0.333. The molecule has 1 aliphatic rings. The number of Topliss-reactive ketones (excluding diaryl/α,β-unsaturated/α-hetero) is 1. The van der Waals surface area contributed by atoms with Gasteiger partial charge in [-0.05, 0) is 36.6 Å². The molecule has 8 nitrogen and oxygen atoms in total. The van der Waals surface area contributed by atoms with Crippen molar-refractivity contribution >= 4 is 40.1 Å². The number of fused-ring (bicyclic) bond motifs is 1. The van der Waals surface area contributed by atoms with E-state index in [9.17, 15) is 23.9 Å². The Morgan fingerprint density at radius 3 is 2.47 bits per heavy atom. The molecule has 2 amide bonds. The molecule has 1 aromatic carbocycles. The van der Waals surface area contributed by atoms with Crippen LogP contribution in [0.25, 0.3) is 10.9 Å². The summed E-state index contributed by atoms with van der Waals surface area (Å²) in [5.41, 5.74) is -0.0351. The average Bonchev–Trinajstić information content (AvgIpc) is 3.21. The number of amides is 2. The summed E-state index contributed by atoms with van der Waals surface area (Å²) in [7, 11) is 2.94. The number of aromatic amines is 1. The van der Waals surface area contributed by atoms with E-state index in [0.29, 0.717) is 24.6 Å². The summed E-state index contributed by atoms with van der Waals surface area (Å²) in [6, 6.07) is 7.51. The van der Waals surface area contributed by atoms with Gasteiger partial charge in [0.05, 0.1) is 10.6 Å². The van der Waals surface area contributed by atoms with Crippen molar-refractivity contribution in [3.8, 4) is 0 Å². The Kier molecular flexibility index (Phi) is 6.42. The Morgan fingerprint density at radius 1 is 1.21 bits per heavy atom. The molecule has 0 aliphatic carbocycles. The number of carbonyl (C=O) groups is 3. The molecule has 0 unspecified atom stereocenters. The number of hydrogen-bond acceptors (Lipinski definition) is 5. The lowest BCUT2D eigenvalue weighted by Gasteiger charge is -2.38. The molecule has 3 aromatic rings. The number of ketones is 1. The van der Waals surface area contributed by atoms with E-state index in [-0.39, 0.29) is 40.8 Å². The first-order chi connectivity index (χ1) is 16.1. The highest BCUT2D eigenvalue weighted by Gasteiger charge is 2.35. The van der Waals surface area contributed by atoms with E-state index < -0.39 is 23.2 Å². The summed E-state index contributed by atoms with van der Waals surface area (Å²) in [4.78, 5) is 47.7. The number of H-pyrrole nitrogens is 1. The lowest BCUT2D eigenvalue weighted by molar-refractivity contribution is -0.124. The van der Waals surface area contributed by atoms with E-state index in [0.717, 1.165) is 10.5 Å². The Balaban J connectivity index is 1.52. The van der Waals surface area contributed by atoms with Crippen molar-refractivity contribution in [2.75, 3.05) is 27.2 Å². The van der Waals surface area contributed by atoms with Crippen LogP contribution in [0.1, 0.15) is 39.4 Å². The zero-order valence-electron chi connectivity index (χ0n) is 18.8. The lowest BCUT2D eigenvalue weighted by Crippen LogP contribution is -2.48. The van der Waals surface area contributed by atoms with Gasteiger partial charge in [-0.3, -0.25) is 14.4 Å². The highest BCUT2D eigenvalue weighted by Crippen LogP contribution is 2.29. The van der Waals surface area contributed by atoms with Gasteiger partial charge in [0, 0.05) is 45.2 Å². The molecule has 10 heteroatoms. The second-order valence-corrected chi connectivity index (χ2v) is 9.18. The molecule has 0 atom stereocenters. The van der Waals surface area contributed by atoms with Crippen molar-refractivity contribution in [3.05, 3.63) is 64.3 Å². The van der Waals surface area contributed by atoms with Crippen LogP contribution in [0.15, 0.2) is 36.5 Å². The van der Waals surface area contributed by atoms with Gasteiger partial charge in [-0.25, -0.2) is 9.37 Å². The normalized spacial score (nSPS) is 15.4. The second kappa shape index (κ2) is 9.15. The number of nitrogens with one attached hydrogen (secondary N) is 1. The number of piperidine rings is 1. The maximum atomic E-state index is 13.2. The summed E-state index contributed by atoms with van der Waals surface area (Å²) in [5.74, 6) is -2.24. The predicted molar refractivity (Wildman–Crippen MR) is 124 cm³/mol. The number of pyridine rings is 1. The fourth-order valence-electron chi connectivity index (χ4n) is 4.10. The van der Waals surface area contributed by atoms with E-state index in [2.05, 4.69) is 9.97 Å². The van der Waals surface area contributed by atoms with Crippen LogP contribution < -0.4 is 0 Å². The molecule has 1 saturated heterocycles. The number of carbonyl (C=O) groups excluding carboxylic acids is 3. The molecule has 3 heterocycles. The number of aliphatic hydroxyl groups is 1. The molecular weight excluding hydrogens is 463 g/mol. The van der Waals surface area contributed by atoms with Crippen LogP contribution in [0.3, 0.4) is 0 Å². The summed E-state index contributed by atoms with van der Waals surface area (Å²) < 4.78 is 13.2. The standard InChI is InChI=1S/C24H24ClFN4O4/c1-29(2)23(33)21(31)20-18-15(13-27-20)11-17(25)19(28-18)22(32)30-9-7-24(34,8-10-30)12-14-3-5-16(26)6-4-14/h3-6,11,13,27,34H,7-10,12H2,1-2H3. The molecule has 2 aromatic heterocycles. The molecule has 178 valence electrons. The van der Waals surface area contributed by atoms with Gasteiger partial charge in [0.15, 0.2) is 0 Å². The Morgan fingerprint density at radius 2 is 1.85 bits per heavy atom. The Labute approximate surface area is 200 Å². The number of likely N-dealkylation sites (tertiary alicyclic amines) is 1. The molecule has 0 radical (unpaired) electrons. The van der Waals surface area contributed by atoms with Crippen molar-refractivity contribution in [2.24, 2.45) is 0 Å². The topological polar surface area (TPSA) is 107 Å². The molecule has 34 heavy (non-hydrogen) atoms. The molecule has 1 fully saturated rings. The van der Waals surface area contributed by atoms with Gasteiger partial charge in [0.2, 0.25) is 0 Å². The summed E-state index contributed by atoms with van der Waals surface area (Å²) >= 11 is 6.33. The fourth-order valence-corrected chi connectivity index (χ4v) is 4.34. The number of likely N-dealkylation sites (N-methyl/N-ethyl adjacent to an activating group) is 1. The van der Waals surface area contributed by atoms with Crippen LogP contribution >= 0.6 is 11.6 Å². The zero-order valence-corrected chi connectivity index (χ0v) is 19.5. The molecule has 2 N–H and O–H groups in total. The number of aromatic nitrogens is 2. The van der Waals surface area contributed by atoms with Crippen LogP contribution in [0.4, 0.5) is 4.39 Å². The van der Waals surface area contributed by atoms with E-state index in [1.54, 1.807) is 17.0 Å². The van der Waals surface area contributed by atoms with Crippen molar-refractivity contribution in [3.63, 3.8) is 0 Å². The van der Waals surface area contributed by atoms with Crippen molar-refractivity contribution in [1.82, 2.24) is 19.8 Å². The third kappa shape index (κ3) is 4.67. The summed E-state index contributed by atoms with van der Waals surface area (Å²) in [5, 5.41) is 11.6. The second-order valence-electron chi connectivity index (χ2n) is 8.77. The minimum atomic E-state index is -1.01. The van der Waals surface area contributed by atoms with Crippen LogP contribution in [-0.4, -0.2) is 75.3 Å². The van der Waals surface area contributed by atoms with Crippen molar-refractivity contribution < 1.29 is 23.9 Å². The summed E-state index contributed by atoms with van der Waals surface area (Å²) in [6.45, 7) is 0.565. The van der Waals surface area contributed by atoms with Gasteiger partial charge in [-0.1, -0.05) is 23.7 Å². The maximum absolute atomic E-state index is 13.2. The monoisotopic (exact) mass is 486 g/mol. The maximum Gasteiger partial charge on any atom is 0.296 e. The highest BCUT2D eigenvalue weighted by atomic mass is 35.5. The largest absolute Gasteiger partial charge is 0.389 e. The molecule has 0 saturated carbocycles. The number of nitrogens with zero attached hydrogens (tertiary/aromatic N) is 3. The number of halogens is 2. The smallest absolute Gasteiger partial charge is 0.296 e. The van der Waals surface area contributed by atoms with E-state index in [4.69, 9.17) is 11.6 Å². The lowest BCUT2D eigenvalue weighted by atomic mass is 9.85. The first kappa shape index (κ1) is 23.8. The van der Waals surface area contributed by atoms with Gasteiger partial charge in [-0.15, -0.1) is 0 Å². The van der Waals surface area contributed by atoms with Gasteiger partial charge >= 0.3 is 0 Å². The van der Waals surface area contributed by atoms with Gasteiger partial charge in [0.25, 0.3) is 17.6 Å². The zero-order chi connectivity index (χ0) is 24.6. The quantitative estimate of drug-likeness (QED) is 0.426. The van der Waals surface area contributed by atoms with Gasteiger partial charge < -0.3 is 19.9 Å².